The van der Waals surface area contributed by atoms with Crippen LogP contribution in [0.2, 0.25) is 0 Å². The van der Waals surface area contributed by atoms with Gasteiger partial charge in [-0.1, -0.05) is 0 Å². The molecule has 30 heavy (non-hydrogen) atoms. The van der Waals surface area contributed by atoms with E-state index in [-0.39, 0.29) is 28.3 Å². The molecule has 0 saturated carbocycles. The number of carboxylic acids is 1. The van der Waals surface area contributed by atoms with Crippen LogP contribution in [0.25, 0.3) is 11.0 Å². The van der Waals surface area contributed by atoms with Crippen molar-refractivity contribution in [2.45, 2.75) is 19.0 Å². The summed E-state index contributed by atoms with van der Waals surface area (Å²) in [5.41, 5.74) is -5.11. The second-order valence-electron chi connectivity index (χ2n) is 6.16. The quantitative estimate of drug-likeness (QED) is 0.458. The molecular formula is C19H10F6O5. The highest BCUT2D eigenvalue weighted by Gasteiger charge is 2.36. The Kier molecular flexibility index (Phi) is 5.23. The number of hydrogen-bond acceptors (Lipinski definition) is 4. The molecular weight excluding hydrogens is 422 g/mol. The van der Waals surface area contributed by atoms with E-state index >= 15 is 0 Å². The molecule has 1 N–H and O–H groups in total. The maximum Gasteiger partial charge on any atom is 0.416 e. The summed E-state index contributed by atoms with van der Waals surface area (Å²) in [6.45, 7) is -0.629. The Balaban J connectivity index is 1.91. The Labute approximate surface area is 163 Å². The van der Waals surface area contributed by atoms with E-state index in [1.54, 1.807) is 0 Å². The van der Waals surface area contributed by atoms with Crippen LogP contribution in [-0.4, -0.2) is 11.1 Å². The van der Waals surface area contributed by atoms with Crippen LogP contribution < -0.4 is 10.4 Å². The van der Waals surface area contributed by atoms with Gasteiger partial charge in [0.25, 0.3) is 0 Å². The highest BCUT2D eigenvalue weighted by molar-refractivity contribution is 5.91. The average Bonchev–Trinajstić information content (AvgIpc) is 2.63. The molecule has 2 aromatic carbocycles. The lowest BCUT2D eigenvalue weighted by atomic mass is 10.1. The largest absolute Gasteiger partial charge is 0.489 e. The minimum absolute atomic E-state index is 0.00815. The standard InChI is InChI=1S/C19H10F6O5/c20-18(21,22)11-3-9(4-12(6-11)19(23,24)25)8-29-13-2-1-10-5-14(16(26)27)17(28)30-15(10)7-13/h1-7H,8H2,(H,26,27). The maximum atomic E-state index is 12.9. The third kappa shape index (κ3) is 4.56. The first-order valence-corrected chi connectivity index (χ1v) is 8.07. The smallest absolute Gasteiger partial charge is 0.416 e. The van der Waals surface area contributed by atoms with Crippen molar-refractivity contribution in [1.29, 1.82) is 0 Å². The lowest BCUT2D eigenvalue weighted by Gasteiger charge is -2.14. The van der Waals surface area contributed by atoms with Crippen LogP contribution in [0.3, 0.4) is 0 Å². The fraction of sp³-hybridized carbons (Fsp3) is 0.158. The number of carbonyl (C=O) groups is 1. The van der Waals surface area contributed by atoms with Crippen molar-refractivity contribution in [3.05, 3.63) is 75.1 Å². The number of halogens is 6. The van der Waals surface area contributed by atoms with Crippen molar-refractivity contribution in [3.63, 3.8) is 0 Å². The Hall–Kier alpha value is -3.50. The topological polar surface area (TPSA) is 76.7 Å². The molecule has 1 aromatic heterocycles. The van der Waals surface area contributed by atoms with Gasteiger partial charge in [-0.2, -0.15) is 26.3 Å². The van der Waals surface area contributed by atoms with E-state index in [1.807, 2.05) is 0 Å². The number of alkyl halides is 6. The van der Waals surface area contributed by atoms with Crippen LogP contribution in [0.15, 0.2) is 51.7 Å². The van der Waals surface area contributed by atoms with Crippen molar-refractivity contribution < 1.29 is 45.4 Å². The lowest BCUT2D eigenvalue weighted by molar-refractivity contribution is -0.143. The molecule has 3 rings (SSSR count). The lowest BCUT2D eigenvalue weighted by Crippen LogP contribution is -2.13. The molecule has 0 aliphatic heterocycles. The first-order chi connectivity index (χ1) is 13.8. The molecule has 11 heteroatoms. The molecule has 0 unspecified atom stereocenters. The highest BCUT2D eigenvalue weighted by atomic mass is 19.4. The van der Waals surface area contributed by atoms with Gasteiger partial charge in [0.15, 0.2) is 0 Å². The normalized spacial score (nSPS) is 12.2. The first-order valence-electron chi connectivity index (χ1n) is 8.07. The summed E-state index contributed by atoms with van der Waals surface area (Å²) in [4.78, 5) is 22.6. The molecule has 3 aromatic rings. The summed E-state index contributed by atoms with van der Waals surface area (Å²) in [7, 11) is 0. The minimum Gasteiger partial charge on any atom is -0.489 e. The molecule has 158 valence electrons. The van der Waals surface area contributed by atoms with Gasteiger partial charge in [0, 0.05) is 11.5 Å². The summed E-state index contributed by atoms with van der Waals surface area (Å²) in [5.74, 6) is -1.50. The summed E-state index contributed by atoms with van der Waals surface area (Å²) in [6.07, 6.45) is -9.96. The van der Waals surface area contributed by atoms with Gasteiger partial charge in [0.05, 0.1) is 11.1 Å². The Bertz CT molecular complexity index is 1140. The fourth-order valence-electron chi connectivity index (χ4n) is 2.60. The molecule has 0 bridgehead atoms. The van der Waals surface area contributed by atoms with E-state index in [1.165, 1.54) is 18.2 Å². The summed E-state index contributed by atoms with van der Waals surface area (Å²) in [5, 5.41) is 9.14. The van der Waals surface area contributed by atoms with Gasteiger partial charge >= 0.3 is 23.9 Å². The van der Waals surface area contributed by atoms with Gasteiger partial charge in [0.1, 0.15) is 23.5 Å². The van der Waals surface area contributed by atoms with E-state index in [9.17, 15) is 35.9 Å². The second-order valence-corrected chi connectivity index (χ2v) is 6.16. The van der Waals surface area contributed by atoms with E-state index < -0.39 is 47.2 Å². The molecule has 5 nitrogen and oxygen atoms in total. The Morgan fingerprint density at radius 2 is 1.53 bits per heavy atom. The highest BCUT2D eigenvalue weighted by Crippen LogP contribution is 2.36. The summed E-state index contributed by atoms with van der Waals surface area (Å²) in [6, 6.07) is 5.94. The monoisotopic (exact) mass is 432 g/mol. The van der Waals surface area contributed by atoms with E-state index in [0.717, 1.165) is 6.07 Å². The number of hydrogen-bond donors (Lipinski definition) is 1. The average molecular weight is 432 g/mol. The van der Waals surface area contributed by atoms with Crippen molar-refractivity contribution in [2.75, 3.05) is 0 Å². The molecule has 0 aliphatic rings. The number of carboxylic acid groups (broad SMARTS) is 1. The molecule has 0 amide bonds. The van der Waals surface area contributed by atoms with Gasteiger partial charge in [0.2, 0.25) is 0 Å². The zero-order valence-electron chi connectivity index (χ0n) is 14.6. The molecule has 0 aliphatic carbocycles. The van der Waals surface area contributed by atoms with Crippen molar-refractivity contribution in [2.24, 2.45) is 0 Å². The van der Waals surface area contributed by atoms with Crippen LogP contribution in [0, 0.1) is 0 Å². The third-order valence-electron chi connectivity index (χ3n) is 3.99. The molecule has 0 spiro atoms. The minimum atomic E-state index is -4.98. The Morgan fingerprint density at radius 1 is 0.933 bits per heavy atom. The summed E-state index contributed by atoms with van der Waals surface area (Å²) < 4.78 is 87.6. The van der Waals surface area contributed by atoms with Crippen molar-refractivity contribution >= 4 is 16.9 Å². The molecule has 1 heterocycles. The van der Waals surface area contributed by atoms with Gasteiger partial charge in [-0.25, -0.2) is 9.59 Å². The van der Waals surface area contributed by atoms with Crippen LogP contribution in [0.4, 0.5) is 26.3 Å². The van der Waals surface area contributed by atoms with Crippen LogP contribution >= 0.6 is 0 Å². The number of ether oxygens (including phenoxy) is 1. The van der Waals surface area contributed by atoms with Crippen molar-refractivity contribution in [1.82, 2.24) is 0 Å². The number of aromatic carboxylic acids is 1. The maximum absolute atomic E-state index is 12.9. The van der Waals surface area contributed by atoms with E-state index in [4.69, 9.17) is 14.3 Å². The fourth-order valence-corrected chi connectivity index (χ4v) is 2.60. The molecule has 0 saturated heterocycles. The third-order valence-corrected chi connectivity index (χ3v) is 3.99. The van der Waals surface area contributed by atoms with Crippen LogP contribution in [0.5, 0.6) is 5.75 Å². The van der Waals surface area contributed by atoms with Crippen molar-refractivity contribution in [3.8, 4) is 5.75 Å². The number of fused-ring (bicyclic) bond motifs is 1. The molecule has 0 fully saturated rings. The van der Waals surface area contributed by atoms with Crippen LogP contribution in [-0.2, 0) is 19.0 Å². The summed E-state index contributed by atoms with van der Waals surface area (Å²) >= 11 is 0. The predicted molar refractivity (Wildman–Crippen MR) is 90.2 cm³/mol. The number of benzene rings is 2. The SMILES string of the molecule is O=C(O)c1cc2ccc(OCc3cc(C(F)(F)F)cc(C(F)(F)F)c3)cc2oc1=O. The molecule has 0 atom stereocenters. The second kappa shape index (κ2) is 7.39. The van der Waals surface area contributed by atoms with Gasteiger partial charge in [-0.05, 0) is 42.0 Å². The Morgan fingerprint density at radius 3 is 2.07 bits per heavy atom. The zero-order chi connectivity index (χ0) is 22.3. The number of rotatable bonds is 4. The molecule has 0 radical (unpaired) electrons. The zero-order valence-corrected chi connectivity index (χ0v) is 14.6. The van der Waals surface area contributed by atoms with Gasteiger partial charge < -0.3 is 14.3 Å². The predicted octanol–water partition coefficient (Wildman–Crippen LogP) is 5.11. The van der Waals surface area contributed by atoms with E-state index in [2.05, 4.69) is 0 Å². The van der Waals surface area contributed by atoms with Gasteiger partial charge in [-0.3, -0.25) is 0 Å². The van der Waals surface area contributed by atoms with Crippen LogP contribution in [0.1, 0.15) is 27.0 Å². The first kappa shape index (κ1) is 21.2. The van der Waals surface area contributed by atoms with E-state index in [0.29, 0.717) is 12.1 Å². The van der Waals surface area contributed by atoms with Gasteiger partial charge in [-0.15, -0.1) is 0 Å².